The van der Waals surface area contributed by atoms with Crippen molar-refractivity contribution in [1.29, 1.82) is 0 Å². The van der Waals surface area contributed by atoms with Gasteiger partial charge in [-0.25, -0.2) is 0 Å². The Balaban J connectivity index is 1.91. The number of hydrogen-bond donors (Lipinski definition) is 1. The molecule has 1 aliphatic heterocycles. The summed E-state index contributed by atoms with van der Waals surface area (Å²) in [7, 11) is 0. The Morgan fingerprint density at radius 1 is 1.55 bits per heavy atom. The Labute approximate surface area is 131 Å². The molecule has 3 nitrogen and oxygen atoms in total. The fraction of sp³-hybridized carbons (Fsp3) is 0.400. The van der Waals surface area contributed by atoms with Crippen molar-refractivity contribution in [1.82, 2.24) is 9.88 Å². The van der Waals surface area contributed by atoms with Crippen LogP contribution in [0.15, 0.2) is 34.4 Å². The first-order valence-electron chi connectivity index (χ1n) is 6.83. The van der Waals surface area contributed by atoms with Crippen molar-refractivity contribution in [2.24, 2.45) is 5.73 Å². The number of nitrogens with zero attached hydrogens (tertiary/aromatic N) is 2. The summed E-state index contributed by atoms with van der Waals surface area (Å²) in [5.41, 5.74) is 8.71. The lowest BCUT2D eigenvalue weighted by atomic mass is 9.97. The molecule has 0 saturated heterocycles. The highest BCUT2D eigenvalue weighted by Crippen LogP contribution is 2.37. The number of halogens is 1. The van der Waals surface area contributed by atoms with Gasteiger partial charge in [-0.1, -0.05) is 0 Å². The van der Waals surface area contributed by atoms with Gasteiger partial charge in [0.05, 0.1) is 0 Å². The van der Waals surface area contributed by atoms with E-state index < -0.39 is 0 Å². The molecule has 0 radical (unpaired) electrons. The summed E-state index contributed by atoms with van der Waals surface area (Å²) in [5, 5.41) is 2.20. The van der Waals surface area contributed by atoms with Gasteiger partial charge in [-0.3, -0.25) is 9.88 Å². The number of pyridine rings is 1. The lowest BCUT2D eigenvalue weighted by Gasteiger charge is -2.39. The number of thiophene rings is 1. The van der Waals surface area contributed by atoms with E-state index in [9.17, 15) is 0 Å². The maximum Gasteiger partial charge on any atom is 0.0492 e. The minimum Gasteiger partial charge on any atom is -0.329 e. The zero-order valence-electron chi connectivity index (χ0n) is 11.4. The average molecular weight is 352 g/mol. The largest absolute Gasteiger partial charge is 0.329 e. The fourth-order valence-corrected chi connectivity index (χ4v) is 4.37. The third-order valence-corrected chi connectivity index (χ3v) is 5.49. The van der Waals surface area contributed by atoms with Gasteiger partial charge >= 0.3 is 0 Å². The van der Waals surface area contributed by atoms with Gasteiger partial charge in [0.1, 0.15) is 0 Å². The molecule has 3 rings (SSSR count). The number of aromatic nitrogens is 1. The van der Waals surface area contributed by atoms with Crippen molar-refractivity contribution in [3.05, 3.63) is 50.4 Å². The van der Waals surface area contributed by atoms with Crippen LogP contribution in [0, 0.1) is 0 Å². The zero-order valence-corrected chi connectivity index (χ0v) is 13.8. The van der Waals surface area contributed by atoms with E-state index in [-0.39, 0.29) is 6.04 Å². The number of fused-ring (bicyclic) bond motifs is 1. The maximum absolute atomic E-state index is 6.06. The molecule has 0 aliphatic carbocycles. The first kappa shape index (κ1) is 14.2. The van der Waals surface area contributed by atoms with Gasteiger partial charge in [0, 0.05) is 46.9 Å². The molecular weight excluding hydrogens is 334 g/mol. The summed E-state index contributed by atoms with van der Waals surface area (Å²) in [6.07, 6.45) is 4.86. The van der Waals surface area contributed by atoms with Crippen LogP contribution < -0.4 is 5.73 Å². The number of hydrogen-bond acceptors (Lipinski definition) is 4. The summed E-state index contributed by atoms with van der Waals surface area (Å²) in [4.78, 5) is 8.30. The standard InChI is InChI=1S/C15H18BrN3S/c1-10-13-3-5-20-15(13)2-4-19(10)14(7-17)11-6-12(16)9-18-8-11/h3,5-6,8-10,14H,2,4,7,17H2,1H3. The van der Waals surface area contributed by atoms with Crippen LogP contribution in [0.4, 0.5) is 0 Å². The summed E-state index contributed by atoms with van der Waals surface area (Å²) in [5.74, 6) is 0. The molecular formula is C15H18BrN3S. The van der Waals surface area contributed by atoms with Crippen molar-refractivity contribution < 1.29 is 0 Å². The van der Waals surface area contributed by atoms with Crippen LogP contribution in [0.3, 0.4) is 0 Å². The first-order valence-corrected chi connectivity index (χ1v) is 8.50. The van der Waals surface area contributed by atoms with Crippen LogP contribution in [0.25, 0.3) is 0 Å². The van der Waals surface area contributed by atoms with E-state index in [1.165, 1.54) is 16.0 Å². The monoisotopic (exact) mass is 351 g/mol. The van der Waals surface area contributed by atoms with E-state index in [0.29, 0.717) is 12.6 Å². The topological polar surface area (TPSA) is 42.1 Å². The Morgan fingerprint density at radius 3 is 3.15 bits per heavy atom. The SMILES string of the molecule is CC1c2ccsc2CCN1C(CN)c1cncc(Br)c1. The Hall–Kier alpha value is -0.750. The highest BCUT2D eigenvalue weighted by molar-refractivity contribution is 9.10. The van der Waals surface area contributed by atoms with Crippen molar-refractivity contribution in [3.63, 3.8) is 0 Å². The molecule has 0 saturated carbocycles. The molecule has 0 aromatic carbocycles. The van der Waals surface area contributed by atoms with Crippen molar-refractivity contribution in [2.45, 2.75) is 25.4 Å². The lowest BCUT2D eigenvalue weighted by Crippen LogP contribution is -2.39. The zero-order chi connectivity index (χ0) is 14.1. The maximum atomic E-state index is 6.06. The van der Waals surface area contributed by atoms with Gasteiger partial charge in [-0.15, -0.1) is 11.3 Å². The van der Waals surface area contributed by atoms with Crippen molar-refractivity contribution in [3.8, 4) is 0 Å². The van der Waals surface area contributed by atoms with Gasteiger partial charge in [0.2, 0.25) is 0 Å². The third-order valence-electron chi connectivity index (χ3n) is 4.06. The molecule has 0 spiro atoms. The average Bonchev–Trinajstić information content (AvgIpc) is 2.91. The third kappa shape index (κ3) is 2.55. The Bertz CT molecular complexity index is 598. The molecule has 20 heavy (non-hydrogen) atoms. The van der Waals surface area contributed by atoms with E-state index >= 15 is 0 Å². The summed E-state index contributed by atoms with van der Waals surface area (Å²) in [6, 6.07) is 5.02. The van der Waals surface area contributed by atoms with Crippen LogP contribution in [0.2, 0.25) is 0 Å². The van der Waals surface area contributed by atoms with Gasteiger partial charge in [-0.05, 0) is 57.9 Å². The molecule has 2 aromatic rings. The van der Waals surface area contributed by atoms with Crippen molar-refractivity contribution >= 4 is 27.3 Å². The van der Waals surface area contributed by atoms with Gasteiger partial charge in [0.25, 0.3) is 0 Å². The quantitative estimate of drug-likeness (QED) is 0.919. The molecule has 1 aliphatic rings. The molecule has 0 fully saturated rings. The predicted molar refractivity (Wildman–Crippen MR) is 86.9 cm³/mol. The van der Waals surface area contributed by atoms with Crippen LogP contribution in [0.1, 0.15) is 35.0 Å². The summed E-state index contributed by atoms with van der Waals surface area (Å²) < 4.78 is 1.01. The minimum atomic E-state index is 0.225. The second-order valence-electron chi connectivity index (χ2n) is 5.15. The molecule has 0 bridgehead atoms. The van der Waals surface area contributed by atoms with Crippen LogP contribution >= 0.6 is 27.3 Å². The van der Waals surface area contributed by atoms with Crippen molar-refractivity contribution in [2.75, 3.05) is 13.1 Å². The molecule has 2 atom stereocenters. The van der Waals surface area contributed by atoms with E-state index in [4.69, 9.17) is 5.73 Å². The van der Waals surface area contributed by atoms with Crippen LogP contribution in [-0.2, 0) is 6.42 Å². The van der Waals surface area contributed by atoms with E-state index in [2.05, 4.69) is 50.3 Å². The molecule has 106 valence electrons. The highest BCUT2D eigenvalue weighted by Gasteiger charge is 2.30. The Morgan fingerprint density at radius 2 is 2.40 bits per heavy atom. The molecule has 2 N–H and O–H groups in total. The molecule has 2 unspecified atom stereocenters. The molecule has 3 heterocycles. The predicted octanol–water partition coefficient (Wildman–Crippen LogP) is 3.52. The van der Waals surface area contributed by atoms with E-state index in [1.807, 2.05) is 23.7 Å². The second-order valence-corrected chi connectivity index (χ2v) is 7.07. The van der Waals surface area contributed by atoms with Gasteiger partial charge in [-0.2, -0.15) is 0 Å². The van der Waals surface area contributed by atoms with E-state index in [1.54, 1.807) is 0 Å². The highest BCUT2D eigenvalue weighted by atomic mass is 79.9. The lowest BCUT2D eigenvalue weighted by molar-refractivity contribution is 0.138. The fourth-order valence-electron chi connectivity index (χ4n) is 3.03. The number of nitrogens with two attached hydrogens (primary N) is 1. The molecule has 0 amide bonds. The first-order chi connectivity index (χ1) is 9.70. The van der Waals surface area contributed by atoms with E-state index in [0.717, 1.165) is 17.4 Å². The van der Waals surface area contributed by atoms with Gasteiger partial charge < -0.3 is 5.73 Å². The Kier molecular flexibility index (Phi) is 4.21. The normalized spacial score (nSPS) is 20.6. The second kappa shape index (κ2) is 5.93. The van der Waals surface area contributed by atoms with Crippen LogP contribution in [0.5, 0.6) is 0 Å². The number of rotatable bonds is 3. The minimum absolute atomic E-state index is 0.225. The molecule has 2 aromatic heterocycles. The smallest absolute Gasteiger partial charge is 0.0492 e. The molecule has 5 heteroatoms. The van der Waals surface area contributed by atoms with Gasteiger partial charge in [0.15, 0.2) is 0 Å². The summed E-state index contributed by atoms with van der Waals surface area (Å²) in [6.45, 7) is 3.95. The van der Waals surface area contributed by atoms with Crippen LogP contribution in [-0.4, -0.2) is 23.0 Å². The summed E-state index contributed by atoms with van der Waals surface area (Å²) >= 11 is 5.37.